The van der Waals surface area contributed by atoms with Gasteiger partial charge in [0, 0.05) is 26.8 Å². The Bertz CT molecular complexity index is 460. The Morgan fingerprint density at radius 2 is 2.00 bits per heavy atom. The van der Waals surface area contributed by atoms with Gasteiger partial charge in [-0.2, -0.15) is 5.26 Å². The SMILES string of the molecule is Cc1cc(C#N)ccc1N(C)CC(=O)N(C)C. The summed E-state index contributed by atoms with van der Waals surface area (Å²) in [6.45, 7) is 2.27. The van der Waals surface area contributed by atoms with Crippen molar-refractivity contribution in [1.29, 1.82) is 5.26 Å². The number of nitriles is 1. The fourth-order valence-electron chi connectivity index (χ4n) is 1.58. The van der Waals surface area contributed by atoms with Crippen molar-refractivity contribution in [2.45, 2.75) is 6.92 Å². The summed E-state index contributed by atoms with van der Waals surface area (Å²) in [6, 6.07) is 7.56. The first-order chi connectivity index (χ1) is 7.95. The molecule has 1 rings (SSSR count). The van der Waals surface area contributed by atoms with E-state index in [2.05, 4.69) is 6.07 Å². The summed E-state index contributed by atoms with van der Waals surface area (Å²) in [6.07, 6.45) is 0. The van der Waals surface area contributed by atoms with Crippen LogP contribution >= 0.6 is 0 Å². The molecule has 0 aromatic heterocycles. The Labute approximate surface area is 102 Å². The van der Waals surface area contributed by atoms with Gasteiger partial charge in [0.25, 0.3) is 0 Å². The number of hydrogen-bond donors (Lipinski definition) is 0. The normalized spacial score (nSPS) is 9.59. The summed E-state index contributed by atoms with van der Waals surface area (Å²) in [7, 11) is 5.35. The molecular formula is C13H17N3O. The maximum absolute atomic E-state index is 11.6. The Morgan fingerprint density at radius 1 is 1.35 bits per heavy atom. The van der Waals surface area contributed by atoms with Gasteiger partial charge in [0.2, 0.25) is 5.91 Å². The number of rotatable bonds is 3. The average Bonchev–Trinajstić information content (AvgIpc) is 2.28. The van der Waals surface area contributed by atoms with Crippen molar-refractivity contribution >= 4 is 11.6 Å². The van der Waals surface area contributed by atoms with Gasteiger partial charge in [0.15, 0.2) is 0 Å². The van der Waals surface area contributed by atoms with Crippen molar-refractivity contribution in [3.63, 3.8) is 0 Å². The summed E-state index contributed by atoms with van der Waals surface area (Å²) < 4.78 is 0. The largest absolute Gasteiger partial charge is 0.365 e. The molecule has 0 spiro atoms. The standard InChI is InChI=1S/C13H17N3O/c1-10-7-11(8-14)5-6-12(10)16(4)9-13(17)15(2)3/h5-7H,9H2,1-4H3. The highest BCUT2D eigenvalue weighted by molar-refractivity contribution is 5.81. The molecule has 0 bridgehead atoms. The second-order valence-electron chi connectivity index (χ2n) is 4.26. The maximum atomic E-state index is 11.6. The van der Waals surface area contributed by atoms with Crippen LogP contribution in [0, 0.1) is 18.3 Å². The van der Waals surface area contributed by atoms with E-state index in [1.807, 2.05) is 31.0 Å². The monoisotopic (exact) mass is 231 g/mol. The van der Waals surface area contributed by atoms with Crippen LogP contribution in [0.3, 0.4) is 0 Å². The first-order valence-electron chi connectivity index (χ1n) is 5.37. The van der Waals surface area contributed by atoms with Crippen LogP contribution in [-0.4, -0.2) is 38.5 Å². The molecule has 0 radical (unpaired) electrons. The molecule has 0 unspecified atom stereocenters. The van der Waals surface area contributed by atoms with E-state index < -0.39 is 0 Å². The molecule has 90 valence electrons. The van der Waals surface area contributed by atoms with Crippen LogP contribution in [0.4, 0.5) is 5.69 Å². The maximum Gasteiger partial charge on any atom is 0.241 e. The van der Waals surface area contributed by atoms with Crippen molar-refractivity contribution in [2.24, 2.45) is 0 Å². The van der Waals surface area contributed by atoms with Gasteiger partial charge in [-0.1, -0.05) is 0 Å². The fraction of sp³-hybridized carbons (Fsp3) is 0.385. The van der Waals surface area contributed by atoms with Crippen molar-refractivity contribution in [1.82, 2.24) is 4.90 Å². The molecule has 1 aromatic carbocycles. The number of amides is 1. The highest BCUT2D eigenvalue weighted by Crippen LogP contribution is 2.19. The van der Waals surface area contributed by atoms with Crippen LogP contribution in [-0.2, 0) is 4.79 Å². The Kier molecular flexibility index (Phi) is 4.11. The van der Waals surface area contributed by atoms with E-state index in [0.29, 0.717) is 12.1 Å². The number of anilines is 1. The number of nitrogens with zero attached hydrogens (tertiary/aromatic N) is 3. The van der Waals surface area contributed by atoms with E-state index in [-0.39, 0.29) is 5.91 Å². The first kappa shape index (κ1) is 13.0. The highest BCUT2D eigenvalue weighted by atomic mass is 16.2. The lowest BCUT2D eigenvalue weighted by atomic mass is 10.1. The molecular weight excluding hydrogens is 214 g/mol. The number of carbonyl (C=O) groups excluding carboxylic acids is 1. The predicted octanol–water partition coefficient (Wildman–Crippen LogP) is 1.39. The van der Waals surface area contributed by atoms with Crippen LogP contribution in [0.15, 0.2) is 18.2 Å². The van der Waals surface area contributed by atoms with Gasteiger partial charge >= 0.3 is 0 Å². The third kappa shape index (κ3) is 3.22. The summed E-state index contributed by atoms with van der Waals surface area (Å²) in [4.78, 5) is 15.0. The van der Waals surface area contributed by atoms with Crippen molar-refractivity contribution in [3.8, 4) is 6.07 Å². The zero-order valence-corrected chi connectivity index (χ0v) is 10.7. The smallest absolute Gasteiger partial charge is 0.241 e. The second-order valence-corrected chi connectivity index (χ2v) is 4.26. The molecule has 0 saturated carbocycles. The van der Waals surface area contributed by atoms with Crippen LogP contribution < -0.4 is 4.90 Å². The molecule has 4 nitrogen and oxygen atoms in total. The van der Waals surface area contributed by atoms with E-state index in [4.69, 9.17) is 5.26 Å². The molecule has 0 atom stereocenters. The van der Waals surface area contributed by atoms with Gasteiger partial charge in [-0.05, 0) is 30.7 Å². The van der Waals surface area contributed by atoms with Crippen LogP contribution in [0.5, 0.6) is 0 Å². The number of benzene rings is 1. The summed E-state index contributed by atoms with van der Waals surface area (Å²) >= 11 is 0. The molecule has 0 fully saturated rings. The molecule has 0 aliphatic rings. The third-order valence-electron chi connectivity index (χ3n) is 2.61. The van der Waals surface area contributed by atoms with E-state index in [0.717, 1.165) is 11.3 Å². The molecule has 1 amide bonds. The quantitative estimate of drug-likeness (QED) is 0.789. The average molecular weight is 231 g/mol. The summed E-state index contributed by atoms with van der Waals surface area (Å²) in [5, 5.41) is 8.79. The lowest BCUT2D eigenvalue weighted by Gasteiger charge is -2.22. The van der Waals surface area contributed by atoms with Crippen molar-refractivity contribution < 1.29 is 4.79 Å². The van der Waals surface area contributed by atoms with Gasteiger partial charge in [0.05, 0.1) is 18.2 Å². The minimum atomic E-state index is 0.0521. The molecule has 1 aromatic rings. The minimum Gasteiger partial charge on any atom is -0.365 e. The predicted molar refractivity (Wildman–Crippen MR) is 67.9 cm³/mol. The van der Waals surface area contributed by atoms with Crippen LogP contribution in [0.1, 0.15) is 11.1 Å². The van der Waals surface area contributed by atoms with Crippen molar-refractivity contribution in [2.75, 3.05) is 32.6 Å². The van der Waals surface area contributed by atoms with Gasteiger partial charge < -0.3 is 9.80 Å². The lowest BCUT2D eigenvalue weighted by molar-refractivity contribution is -0.127. The third-order valence-corrected chi connectivity index (χ3v) is 2.61. The highest BCUT2D eigenvalue weighted by Gasteiger charge is 2.11. The van der Waals surface area contributed by atoms with Crippen LogP contribution in [0.25, 0.3) is 0 Å². The second kappa shape index (κ2) is 5.35. The van der Waals surface area contributed by atoms with E-state index in [1.165, 1.54) is 0 Å². The zero-order valence-electron chi connectivity index (χ0n) is 10.7. The topological polar surface area (TPSA) is 47.3 Å². The Morgan fingerprint density at radius 3 is 2.47 bits per heavy atom. The Hall–Kier alpha value is -2.02. The number of hydrogen-bond acceptors (Lipinski definition) is 3. The lowest BCUT2D eigenvalue weighted by Crippen LogP contribution is -2.34. The van der Waals surface area contributed by atoms with Crippen LogP contribution in [0.2, 0.25) is 0 Å². The summed E-state index contributed by atoms with van der Waals surface area (Å²) in [5.41, 5.74) is 2.61. The van der Waals surface area contributed by atoms with E-state index >= 15 is 0 Å². The zero-order chi connectivity index (χ0) is 13.0. The fourth-order valence-corrected chi connectivity index (χ4v) is 1.58. The molecule has 0 aliphatic heterocycles. The first-order valence-corrected chi connectivity index (χ1v) is 5.37. The summed E-state index contributed by atoms with van der Waals surface area (Å²) in [5.74, 6) is 0.0521. The van der Waals surface area contributed by atoms with E-state index in [9.17, 15) is 4.79 Å². The molecule has 0 heterocycles. The van der Waals surface area contributed by atoms with Gasteiger partial charge in [-0.25, -0.2) is 0 Å². The molecule has 0 saturated heterocycles. The number of carbonyl (C=O) groups is 1. The molecule has 4 heteroatoms. The van der Waals surface area contributed by atoms with Gasteiger partial charge in [-0.3, -0.25) is 4.79 Å². The van der Waals surface area contributed by atoms with E-state index in [1.54, 1.807) is 25.1 Å². The minimum absolute atomic E-state index is 0.0521. The van der Waals surface area contributed by atoms with Crippen molar-refractivity contribution in [3.05, 3.63) is 29.3 Å². The molecule has 17 heavy (non-hydrogen) atoms. The molecule has 0 N–H and O–H groups in total. The van der Waals surface area contributed by atoms with Gasteiger partial charge in [0.1, 0.15) is 0 Å². The number of likely N-dealkylation sites (N-methyl/N-ethyl adjacent to an activating group) is 2. The number of aryl methyl sites for hydroxylation is 1. The Balaban J connectivity index is 2.87. The molecule has 0 aliphatic carbocycles. The van der Waals surface area contributed by atoms with Gasteiger partial charge in [-0.15, -0.1) is 0 Å².